The van der Waals surface area contributed by atoms with Crippen molar-refractivity contribution < 1.29 is 9.53 Å². The molecule has 192 valence electrons. The maximum absolute atomic E-state index is 12.9. The van der Waals surface area contributed by atoms with Gasteiger partial charge in [0.05, 0.1) is 35.4 Å². The number of fused-ring (bicyclic) bond motifs is 1. The molecule has 0 unspecified atom stereocenters. The van der Waals surface area contributed by atoms with E-state index in [9.17, 15) is 4.79 Å². The number of nitrogens with zero attached hydrogens (tertiary/aromatic N) is 5. The average Bonchev–Trinajstić information content (AvgIpc) is 3.67. The van der Waals surface area contributed by atoms with E-state index in [2.05, 4.69) is 20.1 Å². The molecule has 1 aliphatic carbocycles. The summed E-state index contributed by atoms with van der Waals surface area (Å²) in [6.45, 7) is 1.73. The first kappa shape index (κ1) is 24.6. The predicted octanol–water partition coefficient (Wildman–Crippen LogP) is 4.48. The highest BCUT2D eigenvalue weighted by Crippen LogP contribution is 2.37. The number of carbonyl (C=O) groups excluding carboxylic acids is 1. The first-order valence-corrected chi connectivity index (χ1v) is 12.4. The molecule has 4 aromatic rings. The van der Waals surface area contributed by atoms with Crippen LogP contribution >= 0.6 is 0 Å². The summed E-state index contributed by atoms with van der Waals surface area (Å²) >= 11 is 0. The van der Waals surface area contributed by atoms with Gasteiger partial charge in [0.2, 0.25) is 11.9 Å². The van der Waals surface area contributed by atoms with Crippen molar-refractivity contribution in [3.8, 4) is 17.0 Å². The fourth-order valence-electron chi connectivity index (χ4n) is 4.44. The summed E-state index contributed by atoms with van der Waals surface area (Å²) in [5, 5.41) is 4.25. The van der Waals surface area contributed by atoms with E-state index in [4.69, 9.17) is 15.5 Å². The smallest absolute Gasteiger partial charge is 0.234 e. The lowest BCUT2D eigenvalue weighted by Gasteiger charge is -2.24. The Bertz CT molecular complexity index is 1440. The van der Waals surface area contributed by atoms with Crippen molar-refractivity contribution in [1.82, 2.24) is 19.4 Å². The van der Waals surface area contributed by atoms with E-state index in [0.717, 1.165) is 53.8 Å². The Morgan fingerprint density at radius 3 is 2.68 bits per heavy atom. The third kappa shape index (κ3) is 5.08. The fourth-order valence-corrected chi connectivity index (χ4v) is 4.44. The normalized spacial score (nSPS) is 13.2. The summed E-state index contributed by atoms with van der Waals surface area (Å²) in [4.78, 5) is 26.3. The van der Waals surface area contributed by atoms with E-state index in [-0.39, 0.29) is 11.8 Å². The van der Waals surface area contributed by atoms with Crippen molar-refractivity contribution in [3.63, 3.8) is 0 Å². The molecular weight excluding hydrogens is 466 g/mol. The summed E-state index contributed by atoms with van der Waals surface area (Å²) in [5.74, 6) is 1.32. The van der Waals surface area contributed by atoms with Crippen LogP contribution < -0.4 is 20.7 Å². The molecule has 1 aliphatic rings. The Morgan fingerprint density at radius 2 is 1.95 bits per heavy atom. The van der Waals surface area contributed by atoms with Crippen LogP contribution in [0.4, 0.5) is 23.0 Å². The Morgan fingerprint density at radius 1 is 1.16 bits per heavy atom. The van der Waals surface area contributed by atoms with Gasteiger partial charge in [-0.25, -0.2) is 9.97 Å². The molecule has 5 rings (SSSR count). The number of hydrogen-bond acceptors (Lipinski definition) is 8. The van der Waals surface area contributed by atoms with Gasteiger partial charge < -0.3 is 25.6 Å². The van der Waals surface area contributed by atoms with Gasteiger partial charge in [0.1, 0.15) is 5.75 Å². The molecule has 0 radical (unpaired) electrons. The highest BCUT2D eigenvalue weighted by Gasteiger charge is 2.32. The van der Waals surface area contributed by atoms with Crippen LogP contribution in [0.5, 0.6) is 5.75 Å². The molecule has 37 heavy (non-hydrogen) atoms. The number of rotatable bonds is 9. The third-order valence-corrected chi connectivity index (χ3v) is 6.70. The van der Waals surface area contributed by atoms with Gasteiger partial charge in [-0.3, -0.25) is 9.36 Å². The zero-order chi connectivity index (χ0) is 26.1. The number of anilines is 4. The first-order valence-electron chi connectivity index (χ1n) is 12.4. The number of hydrogen-bond donors (Lipinski definition) is 2. The Kier molecular flexibility index (Phi) is 6.71. The largest absolute Gasteiger partial charge is 0.494 e. The van der Waals surface area contributed by atoms with Crippen molar-refractivity contribution >= 4 is 39.8 Å². The zero-order valence-electron chi connectivity index (χ0n) is 21.7. The van der Waals surface area contributed by atoms with E-state index in [1.165, 1.54) is 0 Å². The Balaban J connectivity index is 1.45. The second kappa shape index (κ2) is 10.1. The van der Waals surface area contributed by atoms with E-state index in [1.807, 2.05) is 69.8 Å². The number of likely N-dealkylation sites (N-methyl/N-ethyl adjacent to an activating group) is 2. The van der Waals surface area contributed by atoms with Gasteiger partial charge in [0.15, 0.2) is 0 Å². The molecular formula is C28H33N7O2. The third-order valence-electron chi connectivity index (χ3n) is 6.70. The molecule has 3 N–H and O–H groups in total. The summed E-state index contributed by atoms with van der Waals surface area (Å²) in [5.41, 5.74) is 11.1. The monoisotopic (exact) mass is 499 g/mol. The number of nitrogens with two attached hydrogens (primary N) is 1. The van der Waals surface area contributed by atoms with Crippen molar-refractivity contribution in [2.75, 3.05) is 57.3 Å². The van der Waals surface area contributed by atoms with Gasteiger partial charge in [0, 0.05) is 55.5 Å². The number of nitrogen functional groups attached to an aromatic ring is 1. The average molecular weight is 500 g/mol. The summed E-state index contributed by atoms with van der Waals surface area (Å²) in [7, 11) is 7.73. The maximum atomic E-state index is 12.9. The lowest BCUT2D eigenvalue weighted by Crippen LogP contribution is -2.29. The van der Waals surface area contributed by atoms with Crippen LogP contribution in [-0.4, -0.2) is 66.7 Å². The molecule has 9 nitrogen and oxygen atoms in total. The van der Waals surface area contributed by atoms with Crippen LogP contribution in [0.3, 0.4) is 0 Å². The summed E-state index contributed by atoms with van der Waals surface area (Å²) in [6.07, 6.45) is 5.52. The molecule has 0 amide bonds. The minimum atomic E-state index is 0.120. The second-order valence-corrected chi connectivity index (χ2v) is 9.77. The number of benzene rings is 2. The highest BCUT2D eigenvalue weighted by molar-refractivity contribution is 6.02. The van der Waals surface area contributed by atoms with Crippen LogP contribution in [0, 0.1) is 5.92 Å². The topological polar surface area (TPSA) is 102 Å². The molecule has 9 heteroatoms. The van der Waals surface area contributed by atoms with Crippen LogP contribution in [-0.2, 0) is 0 Å². The highest BCUT2D eigenvalue weighted by atomic mass is 16.5. The SMILES string of the molecule is COc1cc(N(C)CCN(C)C)c(N)cc1Nc1nccc(-c2cn(C(=O)C3CC3)c3ccccc23)n1. The van der Waals surface area contributed by atoms with E-state index in [0.29, 0.717) is 23.1 Å². The van der Waals surface area contributed by atoms with E-state index >= 15 is 0 Å². The van der Waals surface area contributed by atoms with Crippen molar-refractivity contribution in [3.05, 3.63) is 54.9 Å². The molecule has 2 aromatic carbocycles. The van der Waals surface area contributed by atoms with Gasteiger partial charge >= 0.3 is 0 Å². The second-order valence-electron chi connectivity index (χ2n) is 9.77. The number of methoxy groups -OCH3 is 1. The van der Waals surface area contributed by atoms with Crippen molar-refractivity contribution in [2.24, 2.45) is 5.92 Å². The number of aromatic nitrogens is 3. The van der Waals surface area contributed by atoms with Gasteiger partial charge in [-0.1, -0.05) is 18.2 Å². The molecule has 0 spiro atoms. The van der Waals surface area contributed by atoms with Crippen molar-refractivity contribution in [2.45, 2.75) is 12.8 Å². The number of para-hydroxylation sites is 1. The molecule has 0 atom stereocenters. The lowest BCUT2D eigenvalue weighted by molar-refractivity contribution is 0.0891. The Labute approximate surface area is 216 Å². The molecule has 2 aromatic heterocycles. The number of ether oxygens (including phenoxy) is 1. The first-order chi connectivity index (χ1) is 17.9. The standard InChI is InChI=1S/C28H33N7O2/c1-33(2)13-14-34(3)25-16-26(37-4)23(15-21(25)29)32-28-30-12-11-22(31-28)20-17-35(27(36)18-9-10-18)24-8-6-5-7-19(20)24/h5-8,11-12,15-18H,9-10,13-14,29H2,1-4H3,(H,30,31,32). The molecule has 0 saturated heterocycles. The quantitative estimate of drug-likeness (QED) is 0.325. The molecule has 1 fully saturated rings. The lowest BCUT2D eigenvalue weighted by atomic mass is 10.1. The van der Waals surface area contributed by atoms with Gasteiger partial charge in [-0.15, -0.1) is 0 Å². The molecule has 2 heterocycles. The predicted molar refractivity (Wildman–Crippen MR) is 149 cm³/mol. The number of nitrogens with one attached hydrogen (secondary N) is 1. The summed E-state index contributed by atoms with van der Waals surface area (Å²) in [6, 6.07) is 13.5. The van der Waals surface area contributed by atoms with Gasteiger partial charge in [0.25, 0.3) is 0 Å². The minimum Gasteiger partial charge on any atom is -0.494 e. The summed E-state index contributed by atoms with van der Waals surface area (Å²) < 4.78 is 7.44. The molecule has 0 bridgehead atoms. The van der Waals surface area contributed by atoms with Crippen LogP contribution in [0.25, 0.3) is 22.2 Å². The number of carbonyl (C=O) groups is 1. The zero-order valence-corrected chi connectivity index (χ0v) is 21.7. The Hall–Kier alpha value is -4.11. The van der Waals surface area contributed by atoms with Gasteiger partial charge in [-0.2, -0.15) is 0 Å². The van der Waals surface area contributed by atoms with Crippen LogP contribution in [0.1, 0.15) is 17.6 Å². The van der Waals surface area contributed by atoms with E-state index < -0.39 is 0 Å². The fraction of sp³-hybridized carbons (Fsp3) is 0.321. The molecule has 1 saturated carbocycles. The van der Waals surface area contributed by atoms with Crippen LogP contribution in [0.15, 0.2) is 54.9 Å². The van der Waals surface area contributed by atoms with E-state index in [1.54, 1.807) is 17.9 Å². The minimum absolute atomic E-state index is 0.120. The maximum Gasteiger partial charge on any atom is 0.234 e. The van der Waals surface area contributed by atoms with Crippen LogP contribution in [0.2, 0.25) is 0 Å². The van der Waals surface area contributed by atoms with Gasteiger partial charge in [-0.05, 0) is 45.1 Å². The van der Waals surface area contributed by atoms with Crippen molar-refractivity contribution in [1.29, 1.82) is 0 Å². The molecule has 0 aliphatic heterocycles.